The fourth-order valence-corrected chi connectivity index (χ4v) is 4.80. The molecule has 0 aliphatic heterocycles. The van der Waals surface area contributed by atoms with Gasteiger partial charge in [-0.1, -0.05) is 68.1 Å². The molecule has 0 saturated heterocycles. The molecule has 0 aromatic heterocycles. The largest absolute Gasteiger partial charge is 0.507 e. The smallest absolute Gasteiger partial charge is 0.123 e. The van der Waals surface area contributed by atoms with Crippen molar-refractivity contribution in [3.63, 3.8) is 0 Å². The molecule has 0 aliphatic rings. The molecule has 0 saturated carbocycles. The zero-order valence-corrected chi connectivity index (χ0v) is 17.9. The van der Waals surface area contributed by atoms with Crippen molar-refractivity contribution in [1.82, 2.24) is 0 Å². The first-order valence-corrected chi connectivity index (χ1v) is 12.6. The van der Waals surface area contributed by atoms with E-state index in [1.165, 1.54) is 4.90 Å². The van der Waals surface area contributed by atoms with Gasteiger partial charge in [-0.2, -0.15) is 0 Å². The van der Waals surface area contributed by atoms with Crippen molar-refractivity contribution >= 4 is 19.8 Å². The van der Waals surface area contributed by atoms with Crippen LogP contribution in [0, 0.1) is 0 Å². The van der Waals surface area contributed by atoms with Gasteiger partial charge in [-0.15, -0.1) is 11.8 Å². The van der Waals surface area contributed by atoms with Gasteiger partial charge in [0.15, 0.2) is 0 Å². The minimum Gasteiger partial charge on any atom is -0.507 e. The molecule has 1 atom stereocenters. The second-order valence-corrected chi connectivity index (χ2v) is 16.9. The number of phenols is 1. The van der Waals surface area contributed by atoms with Crippen LogP contribution in [-0.4, -0.2) is 18.1 Å². The van der Waals surface area contributed by atoms with E-state index in [-0.39, 0.29) is 10.8 Å². The molecule has 1 nitrogen and oxygen atoms in total. The summed E-state index contributed by atoms with van der Waals surface area (Å²) in [4.78, 5) is 1.94. The normalized spacial score (nSPS) is 15.0. The Bertz CT molecular complexity index is 495. The summed E-state index contributed by atoms with van der Waals surface area (Å²) in [5.41, 5.74) is 2.02. The number of hydrogen-bond acceptors (Lipinski definition) is 2. The van der Waals surface area contributed by atoms with E-state index >= 15 is 0 Å². The summed E-state index contributed by atoms with van der Waals surface area (Å²) in [7, 11) is -1.18. The molecular formula is C19H34OSSi. The molecule has 0 aliphatic carbocycles. The van der Waals surface area contributed by atoms with Crippen molar-refractivity contribution in [3.05, 3.63) is 23.3 Å². The van der Waals surface area contributed by atoms with Crippen LogP contribution in [0.5, 0.6) is 5.75 Å². The molecular weight excluding hydrogens is 304 g/mol. The zero-order chi connectivity index (χ0) is 17.5. The standard InChI is InChI=1S/C19H34OSSi/c1-13(22(8,9)10)21-14-11-15(18(2,3)4)17(20)16(12-14)19(5,6)7/h11-13,20H,1-10H3. The number of rotatable bonds is 3. The molecule has 0 bridgehead atoms. The second-order valence-electron chi connectivity index (χ2n) is 9.49. The average Bonchev–Trinajstić information content (AvgIpc) is 2.26. The van der Waals surface area contributed by atoms with Crippen LogP contribution in [0.2, 0.25) is 19.6 Å². The van der Waals surface area contributed by atoms with Crippen LogP contribution < -0.4 is 0 Å². The van der Waals surface area contributed by atoms with Crippen LogP contribution in [0.3, 0.4) is 0 Å². The summed E-state index contributed by atoms with van der Waals surface area (Å²) in [6.07, 6.45) is 0. The summed E-state index contributed by atoms with van der Waals surface area (Å²) < 4.78 is 0. The monoisotopic (exact) mass is 338 g/mol. The van der Waals surface area contributed by atoms with Gasteiger partial charge in [0.1, 0.15) is 5.75 Å². The van der Waals surface area contributed by atoms with Crippen LogP contribution in [0.4, 0.5) is 0 Å². The molecule has 126 valence electrons. The van der Waals surface area contributed by atoms with Gasteiger partial charge in [-0.05, 0) is 23.0 Å². The number of thioether (sulfide) groups is 1. The van der Waals surface area contributed by atoms with Gasteiger partial charge in [-0.25, -0.2) is 0 Å². The molecule has 0 amide bonds. The Morgan fingerprint density at radius 3 is 1.55 bits per heavy atom. The van der Waals surface area contributed by atoms with Crippen LogP contribution in [-0.2, 0) is 10.8 Å². The minimum atomic E-state index is -1.18. The minimum absolute atomic E-state index is 0.0525. The molecule has 3 heteroatoms. The van der Waals surface area contributed by atoms with Gasteiger partial charge >= 0.3 is 0 Å². The third-order valence-electron chi connectivity index (χ3n) is 4.23. The molecule has 1 aromatic rings. The molecule has 1 unspecified atom stereocenters. The predicted octanol–water partition coefficient (Wildman–Crippen LogP) is 6.35. The molecule has 0 fully saturated rings. The van der Waals surface area contributed by atoms with Crippen molar-refractivity contribution in [2.24, 2.45) is 0 Å². The van der Waals surface area contributed by atoms with E-state index in [1.807, 2.05) is 11.8 Å². The van der Waals surface area contributed by atoms with Crippen molar-refractivity contribution in [2.45, 2.75) is 88.7 Å². The first kappa shape index (κ1) is 19.6. The maximum atomic E-state index is 10.8. The average molecular weight is 339 g/mol. The number of aromatic hydroxyl groups is 1. The third-order valence-corrected chi connectivity index (χ3v) is 10.0. The summed E-state index contributed by atoms with van der Waals surface area (Å²) in [5.74, 6) is 0.477. The maximum absolute atomic E-state index is 10.8. The van der Waals surface area contributed by atoms with Crippen LogP contribution in [0.1, 0.15) is 59.6 Å². The molecule has 0 radical (unpaired) electrons. The fourth-order valence-electron chi connectivity index (χ4n) is 2.20. The van der Waals surface area contributed by atoms with Gasteiger partial charge in [0, 0.05) is 20.9 Å². The maximum Gasteiger partial charge on any atom is 0.123 e. The van der Waals surface area contributed by atoms with Gasteiger partial charge in [-0.3, -0.25) is 0 Å². The van der Waals surface area contributed by atoms with E-state index in [0.29, 0.717) is 10.6 Å². The van der Waals surface area contributed by atoms with Crippen molar-refractivity contribution in [3.8, 4) is 5.75 Å². The van der Waals surface area contributed by atoms with Crippen LogP contribution in [0.15, 0.2) is 17.0 Å². The number of hydrogen-bond donors (Lipinski definition) is 1. The molecule has 1 aromatic carbocycles. The topological polar surface area (TPSA) is 20.2 Å². The van der Waals surface area contributed by atoms with Gasteiger partial charge in [0.05, 0.1) is 8.07 Å². The lowest BCUT2D eigenvalue weighted by Gasteiger charge is -2.30. The lowest BCUT2D eigenvalue weighted by atomic mass is 9.79. The Balaban J connectivity index is 3.42. The predicted molar refractivity (Wildman–Crippen MR) is 104 cm³/mol. The summed E-state index contributed by atoms with van der Waals surface area (Å²) >= 11 is 1.97. The lowest BCUT2D eigenvalue weighted by Crippen LogP contribution is -2.33. The highest BCUT2D eigenvalue weighted by atomic mass is 32.2. The highest BCUT2D eigenvalue weighted by Crippen LogP contribution is 2.43. The Kier molecular flexibility index (Phi) is 5.57. The Morgan fingerprint density at radius 2 is 1.27 bits per heavy atom. The van der Waals surface area contributed by atoms with E-state index in [2.05, 4.69) is 80.2 Å². The Hall–Kier alpha value is -0.413. The van der Waals surface area contributed by atoms with E-state index in [0.717, 1.165) is 11.1 Å². The number of benzene rings is 1. The van der Waals surface area contributed by atoms with Gasteiger partial charge < -0.3 is 5.11 Å². The lowest BCUT2D eigenvalue weighted by molar-refractivity contribution is 0.422. The van der Waals surface area contributed by atoms with Crippen LogP contribution >= 0.6 is 11.8 Å². The van der Waals surface area contributed by atoms with Crippen molar-refractivity contribution in [1.29, 1.82) is 0 Å². The zero-order valence-electron chi connectivity index (χ0n) is 16.1. The second kappa shape index (κ2) is 6.24. The first-order valence-electron chi connectivity index (χ1n) is 8.18. The third kappa shape index (κ3) is 4.79. The van der Waals surface area contributed by atoms with Gasteiger partial charge in [0.2, 0.25) is 0 Å². The van der Waals surface area contributed by atoms with E-state index in [1.54, 1.807) is 0 Å². The van der Waals surface area contributed by atoms with Crippen LogP contribution in [0.25, 0.3) is 0 Å². The number of phenolic OH excluding ortho intramolecular Hbond substituents is 1. The Labute approximate surface area is 142 Å². The van der Waals surface area contributed by atoms with Crippen molar-refractivity contribution in [2.75, 3.05) is 0 Å². The fraction of sp³-hybridized carbons (Fsp3) is 0.684. The molecule has 22 heavy (non-hydrogen) atoms. The Morgan fingerprint density at radius 1 is 0.909 bits per heavy atom. The quantitative estimate of drug-likeness (QED) is 0.512. The summed E-state index contributed by atoms with van der Waals surface area (Å²) in [6, 6.07) is 4.40. The molecule has 1 N–H and O–H groups in total. The summed E-state index contributed by atoms with van der Waals surface area (Å²) in [5, 5.41) is 10.8. The molecule has 0 heterocycles. The van der Waals surface area contributed by atoms with E-state index < -0.39 is 8.07 Å². The first-order chi connectivity index (χ1) is 9.64. The van der Waals surface area contributed by atoms with E-state index in [4.69, 9.17) is 0 Å². The molecule has 1 rings (SSSR count). The summed E-state index contributed by atoms with van der Waals surface area (Å²) in [6.45, 7) is 22.6. The van der Waals surface area contributed by atoms with E-state index in [9.17, 15) is 5.11 Å². The highest BCUT2D eigenvalue weighted by molar-refractivity contribution is 8.01. The van der Waals surface area contributed by atoms with Gasteiger partial charge in [0.25, 0.3) is 0 Å². The molecule has 0 spiro atoms. The van der Waals surface area contributed by atoms with Crippen molar-refractivity contribution < 1.29 is 5.11 Å². The SMILES string of the molecule is CC(Sc1cc(C(C)(C)C)c(O)c(C(C)(C)C)c1)[Si](C)(C)C. The highest BCUT2D eigenvalue weighted by Gasteiger charge is 2.28.